The predicted molar refractivity (Wildman–Crippen MR) is 378 cm³/mol. The van der Waals surface area contributed by atoms with Crippen LogP contribution in [0.2, 0.25) is 0 Å². The first-order valence-corrected chi connectivity index (χ1v) is 27.6. The molecule has 0 aliphatic heterocycles. The summed E-state index contributed by atoms with van der Waals surface area (Å²) >= 11 is 0. The molecule has 0 amide bonds. The van der Waals surface area contributed by atoms with Gasteiger partial charge in [0.1, 0.15) is 5.82 Å². The van der Waals surface area contributed by atoms with E-state index in [0.717, 1.165) is 45.7 Å². The maximum Gasteiger partial charge on any atom is 0.268 e. The number of rotatable bonds is 12. The first kappa shape index (κ1) is 25.6. The molecule has 16 rings (SSSR count). The maximum absolute atomic E-state index is 10.9. The van der Waals surface area contributed by atoms with Crippen LogP contribution in [0.1, 0.15) is 125 Å². The summed E-state index contributed by atoms with van der Waals surface area (Å²) in [6, 6.07) is -10.7. The molecule has 6 heteroatoms. The number of nitrogens with zero attached hydrogens (tertiary/aromatic N) is 4. The minimum atomic E-state index is -5.05. The Bertz CT molecular complexity index is 7810. The van der Waals surface area contributed by atoms with Crippen molar-refractivity contribution in [3.05, 3.63) is 320 Å². The summed E-state index contributed by atoms with van der Waals surface area (Å²) < 4.78 is 475. The molecule has 3 heterocycles. The molecule has 0 radical (unpaired) electrons. The van der Waals surface area contributed by atoms with Crippen LogP contribution in [0.4, 0.5) is 0 Å². The monoisotopic (exact) mass is 1430 g/mol. The Kier molecular flexibility index (Phi) is 6.59. The minimum absolute atomic E-state index is 0. The van der Waals surface area contributed by atoms with Gasteiger partial charge < -0.3 is 13.9 Å². The van der Waals surface area contributed by atoms with Gasteiger partial charge in [-0.05, 0) is 179 Å². The molecule has 1 aliphatic carbocycles. The molecule has 0 N–H and O–H groups in total. The fourth-order valence-corrected chi connectivity index (χ4v) is 10.9. The Labute approximate surface area is 629 Å². The number of pyridine rings is 1. The van der Waals surface area contributed by atoms with E-state index in [0.29, 0.717) is 22.4 Å². The number of hydrogen-bond acceptors (Lipinski definition) is 2. The minimum Gasteiger partial charge on any atom is -0.510 e. The maximum atomic E-state index is 10.9. The van der Waals surface area contributed by atoms with Crippen LogP contribution in [-0.4, -0.2) is 14.1 Å². The Morgan fingerprint density at radius 2 is 1.08 bits per heavy atom. The van der Waals surface area contributed by atoms with E-state index in [9.17, 15) is 32.9 Å². The predicted octanol–water partition coefficient (Wildman–Crippen LogP) is 21.9. The van der Waals surface area contributed by atoms with E-state index >= 15 is 0 Å². The first-order valence-electron chi connectivity index (χ1n) is 52.6. The molecule has 15 aromatic rings. The Morgan fingerprint density at radius 1 is 0.484 bits per heavy atom. The number of fused-ring (bicyclic) bond motifs is 5. The van der Waals surface area contributed by atoms with E-state index in [1.807, 2.05) is 0 Å². The molecule has 0 spiro atoms. The van der Waals surface area contributed by atoms with Gasteiger partial charge in [0.25, 0.3) is 6.33 Å². The van der Waals surface area contributed by atoms with Crippen molar-refractivity contribution in [1.82, 2.24) is 14.1 Å². The van der Waals surface area contributed by atoms with Gasteiger partial charge in [0, 0.05) is 75.9 Å². The van der Waals surface area contributed by atoms with E-state index in [2.05, 4.69) is 23.4 Å². The van der Waals surface area contributed by atoms with Crippen LogP contribution in [-0.2, 0) is 31.9 Å². The molecule has 0 atom stereocenters. The van der Waals surface area contributed by atoms with Crippen LogP contribution in [0.25, 0.3) is 128 Å². The smallest absolute Gasteiger partial charge is 0.268 e. The summed E-state index contributed by atoms with van der Waals surface area (Å²) in [6.45, 7) is -22.0. The number of para-hydroxylation sites is 1. The fourth-order valence-electron chi connectivity index (χ4n) is 10.9. The second-order valence-electron chi connectivity index (χ2n) is 20.7. The molecule has 93 heavy (non-hydrogen) atoms. The molecule has 0 fully saturated rings. The van der Waals surface area contributed by atoms with E-state index < -0.39 is 345 Å². The molecular weight excluding hydrogens is 1310 g/mol. The summed E-state index contributed by atoms with van der Waals surface area (Å²) in [6.07, 6.45) is -5.95. The van der Waals surface area contributed by atoms with E-state index in [4.69, 9.17) is 40.4 Å². The molecule has 452 valence electrons. The van der Waals surface area contributed by atoms with E-state index in [1.165, 1.54) is 28.8 Å². The number of imidazole rings is 1. The average molecular weight is 1430 g/mol. The van der Waals surface area contributed by atoms with Crippen molar-refractivity contribution in [3.63, 3.8) is 0 Å². The van der Waals surface area contributed by atoms with E-state index in [1.54, 1.807) is 30.3 Å². The van der Waals surface area contributed by atoms with Crippen molar-refractivity contribution in [3.8, 4) is 107 Å². The average Bonchev–Trinajstić information content (AvgIpc) is 0.755. The largest absolute Gasteiger partial charge is 0.510 e. The quantitative estimate of drug-likeness (QED) is 0.0903. The van der Waals surface area contributed by atoms with Gasteiger partial charge in [-0.2, -0.15) is 18.2 Å². The number of aromatic nitrogens is 4. The molecule has 0 saturated carbocycles. The number of ether oxygens (including phenoxy) is 1. The summed E-state index contributed by atoms with van der Waals surface area (Å²) in [4.78, 5) is 4.63. The van der Waals surface area contributed by atoms with Crippen LogP contribution in [0.3, 0.4) is 0 Å². The van der Waals surface area contributed by atoms with Gasteiger partial charge in [-0.3, -0.25) is 4.57 Å². The molecule has 5 nitrogen and oxygen atoms in total. The fraction of sp³-hybridized carbons (Fsp3) is 0.103. The van der Waals surface area contributed by atoms with Gasteiger partial charge in [-0.1, -0.05) is 232 Å². The summed E-state index contributed by atoms with van der Waals surface area (Å²) in [7, 11) is 0. The third kappa shape index (κ3) is 10.9. The number of aryl methyl sites for hydroxylation is 1. The van der Waals surface area contributed by atoms with Gasteiger partial charge in [0.2, 0.25) is 0 Å². The normalized spacial score (nSPS) is 22.7. The molecule has 12 aromatic carbocycles. The van der Waals surface area contributed by atoms with Gasteiger partial charge in [-0.25, -0.2) is 4.98 Å². The van der Waals surface area contributed by atoms with Gasteiger partial charge >= 0.3 is 0 Å². The van der Waals surface area contributed by atoms with Crippen LogP contribution >= 0.6 is 0 Å². The number of benzene rings is 12. The third-order valence-corrected chi connectivity index (χ3v) is 15.0. The van der Waals surface area contributed by atoms with Gasteiger partial charge in [0.15, 0.2) is 0 Å². The summed E-state index contributed by atoms with van der Waals surface area (Å²) in [5, 5.41) is 0.931. The summed E-state index contributed by atoms with van der Waals surface area (Å²) in [5.41, 5.74) is -29.9. The van der Waals surface area contributed by atoms with Crippen LogP contribution in [0.15, 0.2) is 285 Å². The first-order chi connectivity index (χ1) is 65.6. The zero-order valence-corrected chi connectivity index (χ0v) is 49.5. The zero-order chi connectivity index (χ0) is 105. The molecular formula is C87H66N4OPt-2. The van der Waals surface area contributed by atoms with E-state index in [-0.39, 0.29) is 60.7 Å². The Balaban J connectivity index is 0.0000154. The Hall–Kier alpha value is -10.5. The molecule has 0 saturated heterocycles. The second-order valence-corrected chi connectivity index (χ2v) is 20.7. The van der Waals surface area contributed by atoms with Crippen molar-refractivity contribution in [2.45, 2.75) is 57.8 Å². The molecule has 1 aliphatic rings. The van der Waals surface area contributed by atoms with Crippen molar-refractivity contribution in [1.29, 1.82) is 0 Å². The molecule has 3 aromatic heterocycles. The molecule has 0 bridgehead atoms. The second kappa shape index (κ2) is 24.0. The van der Waals surface area contributed by atoms with Crippen molar-refractivity contribution in [2.75, 3.05) is 0 Å². The van der Waals surface area contributed by atoms with Gasteiger partial charge in [0.05, 0.1) is 59.2 Å². The summed E-state index contributed by atoms with van der Waals surface area (Å²) in [5.74, 6) is -0.630. The third-order valence-electron chi connectivity index (χ3n) is 15.0. The van der Waals surface area contributed by atoms with Gasteiger partial charge in [-0.15, -0.1) is 29.7 Å². The zero-order valence-electron chi connectivity index (χ0n) is 97.3. The van der Waals surface area contributed by atoms with Crippen LogP contribution < -0.4 is 9.30 Å². The van der Waals surface area contributed by atoms with Crippen LogP contribution in [0.5, 0.6) is 11.5 Å². The standard InChI is InChI=1S/C87H66N4O.Pt/c1-58-46-84(88-56-77(58)63-32-19-10-20-33-63)91-80-37-22-21-36-73(80)74-41-40-72(55-82(74)91)92-71-35-23-34-70(54-71)89-57-90(81-43-39-64(53-83(81)89)59-24-11-6-12-25-59)85-75(65-38-42-78-79(52-65)87(4,5)45-44-86(78,2)3)50-68(62-30-17-9-18-31-62)51-76(85)69-48-66(60-26-13-7-14-27-60)47-67(49-69)61-28-15-8-16-29-61;/h6-43,46-53,56H,44-45H2,1-5H3;/q-2;/i1D3,2D3,3D3,4D3,5D3,6D,7D,8D,9D,10D,11D,12D,13D,14D,15D,16D,17D,18D,19D,20D,24D,25D,26D,27D,28D,29D,30D,31D,32D,33D,38D,42D,44D2,45D2,47D,48D,49D,52D;. The topological polar surface area (TPSA) is 35.9 Å². The van der Waals surface area contributed by atoms with Crippen molar-refractivity contribution < 1.29 is 98.9 Å². The number of hydrogen-bond donors (Lipinski definition) is 0. The Morgan fingerprint density at radius 3 is 1.73 bits per heavy atom. The molecule has 0 unspecified atom stereocenters. The van der Waals surface area contributed by atoms with Crippen LogP contribution in [0, 0.1) is 25.3 Å². The van der Waals surface area contributed by atoms with Crippen molar-refractivity contribution >= 4 is 32.8 Å². The van der Waals surface area contributed by atoms with Crippen molar-refractivity contribution in [2.24, 2.45) is 0 Å². The SMILES string of the molecule is [2H]c1c([2H])c([2H])c(-c2cc(-c3c([2H])c(-c4c([2H])c([2H])c([2H])c([2H])c4[2H])c([2H])c(-c4c([2H])c([2H])c([2H])c([2H])c4[2H])c3[2H])c(-[n+]3[c-]n(-c4[c-]c(Oc5[c-]c6c(cc5)c5ccccc5n6-c5cc(C([2H])([2H])[2H])c(-c6c([2H])c([2H])c([2H])c([2H])c6[2H])cn5)ccc4)c4cc(-c5c([2H])c([2H])c([2H])c([2H])c5[2H])ccc43)c(-c3c([2H])c([2H])c4c(c3[2H])C(C([2H])([2H])[2H])(C([2H])([2H])[2H])C([2H])([2H])C([2H])([2H])C4(C([2H])([2H])[2H])C([2H])([2H])[2H])c2)c([2H])c1[2H].[Pt].